The summed E-state index contributed by atoms with van der Waals surface area (Å²) in [5.41, 5.74) is 7.55. The minimum atomic E-state index is -0.353. The van der Waals surface area contributed by atoms with Crippen LogP contribution < -0.4 is 5.73 Å². The fourth-order valence-corrected chi connectivity index (χ4v) is 2.24. The zero-order valence-corrected chi connectivity index (χ0v) is 11.0. The summed E-state index contributed by atoms with van der Waals surface area (Å²) in [4.78, 5) is 15.3. The number of carbonyl (C=O) groups is 1. The number of halogens is 2. The maximum Gasteiger partial charge on any atom is 0.195 e. The molecule has 0 spiro atoms. The first-order valence-electron chi connectivity index (χ1n) is 5.92. The number of rotatable bonds is 2. The number of fused-ring (bicyclic) bond motifs is 1. The Morgan fingerprint density at radius 2 is 2.00 bits per heavy atom. The van der Waals surface area contributed by atoms with Gasteiger partial charge < -0.3 is 10.7 Å². The van der Waals surface area contributed by atoms with Crippen molar-refractivity contribution in [3.8, 4) is 0 Å². The van der Waals surface area contributed by atoms with Crippen molar-refractivity contribution in [2.75, 3.05) is 5.73 Å². The van der Waals surface area contributed by atoms with Gasteiger partial charge in [-0.1, -0.05) is 11.6 Å². The third-order valence-electron chi connectivity index (χ3n) is 3.15. The molecule has 0 bridgehead atoms. The Morgan fingerprint density at radius 3 is 2.75 bits per heavy atom. The van der Waals surface area contributed by atoms with Crippen molar-refractivity contribution in [2.24, 2.45) is 0 Å². The Bertz CT molecular complexity index is 826. The van der Waals surface area contributed by atoms with Gasteiger partial charge in [0.15, 0.2) is 5.78 Å². The molecule has 3 nitrogen and oxygen atoms in total. The van der Waals surface area contributed by atoms with Crippen LogP contribution in [0.1, 0.15) is 15.9 Å². The molecule has 0 aliphatic rings. The maximum atomic E-state index is 13.1. The average molecular weight is 289 g/mol. The number of aromatic nitrogens is 1. The molecule has 2 aromatic carbocycles. The summed E-state index contributed by atoms with van der Waals surface area (Å²) in [5.74, 6) is -0.541. The molecule has 0 radical (unpaired) electrons. The molecule has 0 saturated heterocycles. The van der Waals surface area contributed by atoms with E-state index >= 15 is 0 Å². The van der Waals surface area contributed by atoms with E-state index in [1.807, 2.05) is 0 Å². The number of nitrogen functional groups attached to an aromatic ring is 1. The fourth-order valence-electron chi connectivity index (χ4n) is 2.13. The molecule has 3 N–H and O–H groups in total. The van der Waals surface area contributed by atoms with Crippen LogP contribution in [0, 0.1) is 5.82 Å². The van der Waals surface area contributed by atoms with Crippen molar-refractivity contribution < 1.29 is 9.18 Å². The van der Waals surface area contributed by atoms with Crippen LogP contribution in [-0.4, -0.2) is 10.8 Å². The Kier molecular flexibility index (Phi) is 2.95. The van der Waals surface area contributed by atoms with Crippen molar-refractivity contribution in [3.05, 3.63) is 64.6 Å². The summed E-state index contributed by atoms with van der Waals surface area (Å²) in [6, 6.07) is 8.98. The number of nitrogens with one attached hydrogen (secondary N) is 1. The molecule has 3 aromatic rings. The molecule has 0 unspecified atom stereocenters. The van der Waals surface area contributed by atoms with Crippen LogP contribution >= 0.6 is 11.6 Å². The van der Waals surface area contributed by atoms with Gasteiger partial charge in [0.05, 0.1) is 10.7 Å². The highest BCUT2D eigenvalue weighted by atomic mass is 35.5. The van der Waals surface area contributed by atoms with Crippen LogP contribution in [0.5, 0.6) is 0 Å². The minimum Gasteiger partial charge on any atom is -0.398 e. The third-order valence-corrected chi connectivity index (χ3v) is 3.49. The minimum absolute atomic E-state index is 0.189. The summed E-state index contributed by atoms with van der Waals surface area (Å²) in [7, 11) is 0. The first kappa shape index (κ1) is 12.7. The van der Waals surface area contributed by atoms with Gasteiger partial charge in [-0.3, -0.25) is 4.79 Å². The van der Waals surface area contributed by atoms with Crippen molar-refractivity contribution in [1.82, 2.24) is 4.98 Å². The van der Waals surface area contributed by atoms with Crippen LogP contribution in [0.15, 0.2) is 42.6 Å². The molecule has 5 heteroatoms. The van der Waals surface area contributed by atoms with Gasteiger partial charge in [0, 0.05) is 28.2 Å². The van der Waals surface area contributed by atoms with Crippen LogP contribution in [0.25, 0.3) is 10.9 Å². The van der Waals surface area contributed by atoms with E-state index in [0.29, 0.717) is 32.7 Å². The Balaban J connectivity index is 2.10. The third kappa shape index (κ3) is 2.04. The number of H-pyrrole nitrogens is 1. The van der Waals surface area contributed by atoms with E-state index in [2.05, 4.69) is 4.98 Å². The average Bonchev–Trinajstić information content (AvgIpc) is 2.84. The van der Waals surface area contributed by atoms with Crippen LogP contribution in [0.2, 0.25) is 5.02 Å². The van der Waals surface area contributed by atoms with Crippen molar-refractivity contribution in [1.29, 1.82) is 0 Å². The van der Waals surface area contributed by atoms with Gasteiger partial charge in [0.25, 0.3) is 0 Å². The Hall–Kier alpha value is -2.33. The molecule has 0 aliphatic carbocycles. The predicted molar refractivity (Wildman–Crippen MR) is 77.6 cm³/mol. The number of nitrogens with two attached hydrogens (primary N) is 1. The molecule has 1 aromatic heterocycles. The maximum absolute atomic E-state index is 13.1. The van der Waals surface area contributed by atoms with E-state index < -0.39 is 0 Å². The van der Waals surface area contributed by atoms with Gasteiger partial charge in [-0.2, -0.15) is 0 Å². The number of carbonyl (C=O) groups excluding carboxylic acids is 1. The van der Waals surface area contributed by atoms with E-state index in [1.165, 1.54) is 18.2 Å². The highest BCUT2D eigenvalue weighted by Crippen LogP contribution is 2.25. The molecule has 0 fully saturated rings. The molecule has 20 heavy (non-hydrogen) atoms. The van der Waals surface area contributed by atoms with E-state index in [0.717, 1.165) is 0 Å². The number of hydrogen-bond acceptors (Lipinski definition) is 2. The lowest BCUT2D eigenvalue weighted by atomic mass is 10.0. The normalized spacial score (nSPS) is 10.9. The molecule has 0 atom stereocenters. The van der Waals surface area contributed by atoms with Gasteiger partial charge in [-0.05, 0) is 36.4 Å². The van der Waals surface area contributed by atoms with Gasteiger partial charge in [-0.25, -0.2) is 4.39 Å². The lowest BCUT2D eigenvalue weighted by Crippen LogP contribution is -2.01. The number of hydrogen-bond donors (Lipinski definition) is 2. The van der Waals surface area contributed by atoms with Crippen LogP contribution in [-0.2, 0) is 0 Å². The highest BCUT2D eigenvalue weighted by molar-refractivity contribution is 6.33. The predicted octanol–water partition coefficient (Wildman–Crippen LogP) is 3.77. The number of ketones is 1. The second-order valence-electron chi connectivity index (χ2n) is 4.46. The molecule has 3 rings (SSSR count). The fraction of sp³-hybridized carbons (Fsp3) is 0. The summed E-state index contributed by atoms with van der Waals surface area (Å²) in [5, 5.41) is 1.08. The number of benzene rings is 2. The van der Waals surface area contributed by atoms with E-state index in [4.69, 9.17) is 17.3 Å². The van der Waals surface area contributed by atoms with Crippen LogP contribution in [0.4, 0.5) is 10.1 Å². The summed E-state index contributed by atoms with van der Waals surface area (Å²) >= 11 is 5.84. The number of aromatic amines is 1. The van der Waals surface area contributed by atoms with Gasteiger partial charge in [0.2, 0.25) is 0 Å². The summed E-state index contributed by atoms with van der Waals surface area (Å²) in [6.45, 7) is 0. The first-order valence-corrected chi connectivity index (χ1v) is 6.30. The second-order valence-corrected chi connectivity index (χ2v) is 4.86. The molecule has 0 aliphatic heterocycles. The molecular formula is C15H10ClFN2O. The van der Waals surface area contributed by atoms with E-state index in [1.54, 1.807) is 24.4 Å². The van der Waals surface area contributed by atoms with Crippen molar-refractivity contribution in [3.63, 3.8) is 0 Å². The molecule has 0 saturated carbocycles. The van der Waals surface area contributed by atoms with Crippen molar-refractivity contribution >= 4 is 34.0 Å². The van der Waals surface area contributed by atoms with Crippen molar-refractivity contribution in [2.45, 2.75) is 0 Å². The monoisotopic (exact) mass is 288 g/mol. The lowest BCUT2D eigenvalue weighted by molar-refractivity contribution is 0.104. The van der Waals surface area contributed by atoms with Gasteiger partial charge in [0.1, 0.15) is 5.82 Å². The Labute approximate surface area is 119 Å². The van der Waals surface area contributed by atoms with E-state index in [9.17, 15) is 9.18 Å². The molecule has 100 valence electrons. The molecule has 1 heterocycles. The number of anilines is 1. The SMILES string of the molecule is Nc1cc(C(=O)c2c[nH]c3cc(F)ccc23)ccc1Cl. The smallest absolute Gasteiger partial charge is 0.195 e. The summed E-state index contributed by atoms with van der Waals surface area (Å²) < 4.78 is 13.1. The standard InChI is InChI=1S/C15H10ClFN2O/c16-12-4-1-8(5-13(12)18)15(20)11-7-19-14-6-9(17)2-3-10(11)14/h1-7,19H,18H2. The molecular weight excluding hydrogens is 279 g/mol. The topological polar surface area (TPSA) is 58.9 Å². The quantitative estimate of drug-likeness (QED) is 0.557. The van der Waals surface area contributed by atoms with E-state index in [-0.39, 0.29) is 11.6 Å². The van der Waals surface area contributed by atoms with Crippen LogP contribution in [0.3, 0.4) is 0 Å². The van der Waals surface area contributed by atoms with Gasteiger partial charge in [-0.15, -0.1) is 0 Å². The Morgan fingerprint density at radius 1 is 1.20 bits per heavy atom. The highest BCUT2D eigenvalue weighted by Gasteiger charge is 2.15. The second kappa shape index (κ2) is 4.65. The largest absolute Gasteiger partial charge is 0.398 e. The zero-order chi connectivity index (χ0) is 14.3. The van der Waals surface area contributed by atoms with Gasteiger partial charge >= 0.3 is 0 Å². The molecule has 0 amide bonds. The lowest BCUT2D eigenvalue weighted by Gasteiger charge is -2.03. The zero-order valence-electron chi connectivity index (χ0n) is 10.3. The summed E-state index contributed by atoms with van der Waals surface area (Å²) in [6.07, 6.45) is 1.57. The first-order chi connectivity index (χ1) is 9.56.